The van der Waals surface area contributed by atoms with Gasteiger partial charge in [0.1, 0.15) is 24.4 Å². The average Bonchev–Trinajstić information content (AvgIpc) is 3.54. The number of fused-ring (bicyclic) bond motifs is 1. The van der Waals surface area contributed by atoms with Gasteiger partial charge in [0.25, 0.3) is 5.56 Å². The van der Waals surface area contributed by atoms with Gasteiger partial charge in [-0.3, -0.25) is 33.5 Å². The molecule has 1 fully saturated rings. The van der Waals surface area contributed by atoms with Crippen molar-refractivity contribution in [3.8, 4) is 0 Å². The summed E-state index contributed by atoms with van der Waals surface area (Å²) in [4.78, 5) is 93.2. The molecule has 17 heteroatoms. The van der Waals surface area contributed by atoms with Gasteiger partial charge in [-0.15, -0.1) is 0 Å². The number of aromatic nitrogens is 3. The number of esters is 3. The molecule has 0 unspecified atom stereocenters. The number of carbonyl (C=O) groups excluding carboxylic acids is 5. The number of aromatic amines is 2. The molecular weight excluding hydrogens is 646 g/mol. The number of hydrogen-bond donors (Lipinski definition) is 4. The number of carbonyl (C=O) groups is 5. The highest BCUT2D eigenvalue weighted by atomic mass is 16.6. The van der Waals surface area contributed by atoms with Crippen LogP contribution >= 0.6 is 0 Å². The molecule has 17 nitrogen and oxygen atoms in total. The van der Waals surface area contributed by atoms with Gasteiger partial charge in [-0.2, -0.15) is 0 Å². The minimum Gasteiger partial charge on any atom is -0.464 e. The van der Waals surface area contributed by atoms with Crippen molar-refractivity contribution in [1.29, 1.82) is 0 Å². The molecule has 0 spiro atoms. The molecule has 2 amide bonds. The highest BCUT2D eigenvalue weighted by molar-refractivity contribution is 5.88. The molecule has 49 heavy (non-hydrogen) atoms. The molecule has 3 aromatic rings. The minimum atomic E-state index is -1.47. The maximum Gasteiger partial charge on any atom is 0.408 e. The molecule has 4 rings (SSSR count). The molecule has 2 aromatic heterocycles. The number of benzene rings is 1. The molecule has 6 atom stereocenters. The van der Waals surface area contributed by atoms with Gasteiger partial charge in [-0.1, -0.05) is 18.2 Å². The first-order valence-electron chi connectivity index (χ1n) is 15.3. The van der Waals surface area contributed by atoms with Crippen LogP contribution in [0.1, 0.15) is 53.3 Å². The molecule has 1 aromatic carbocycles. The Morgan fingerprint density at radius 1 is 0.939 bits per heavy atom. The predicted octanol–water partition coefficient (Wildman–Crippen LogP) is 0.963. The van der Waals surface area contributed by atoms with Gasteiger partial charge in [0.15, 0.2) is 18.4 Å². The Labute approximate surface area is 279 Å². The van der Waals surface area contributed by atoms with Gasteiger partial charge >= 0.3 is 29.7 Å². The minimum absolute atomic E-state index is 0.0141. The second-order valence-corrected chi connectivity index (χ2v) is 12.3. The van der Waals surface area contributed by atoms with Crippen LogP contribution in [0.5, 0.6) is 0 Å². The second kappa shape index (κ2) is 15.2. The van der Waals surface area contributed by atoms with Gasteiger partial charge in [0, 0.05) is 56.6 Å². The Bertz CT molecular complexity index is 1820. The van der Waals surface area contributed by atoms with Crippen molar-refractivity contribution in [3.05, 3.63) is 69.1 Å². The molecule has 1 saturated heterocycles. The number of rotatable bonds is 11. The van der Waals surface area contributed by atoms with E-state index in [0.29, 0.717) is 5.56 Å². The summed E-state index contributed by atoms with van der Waals surface area (Å²) >= 11 is 0. The Morgan fingerprint density at radius 3 is 2.24 bits per heavy atom. The second-order valence-electron chi connectivity index (χ2n) is 12.3. The van der Waals surface area contributed by atoms with Crippen LogP contribution in [0.2, 0.25) is 0 Å². The molecular formula is C32H39N5O12. The van der Waals surface area contributed by atoms with E-state index in [0.717, 1.165) is 48.5 Å². The van der Waals surface area contributed by atoms with Crippen molar-refractivity contribution in [3.63, 3.8) is 0 Å². The number of alkyl carbamates (subject to hydrolysis) is 1. The third kappa shape index (κ3) is 9.56. The van der Waals surface area contributed by atoms with Crippen molar-refractivity contribution in [1.82, 2.24) is 25.2 Å². The highest BCUT2D eigenvalue weighted by Gasteiger charge is 2.54. The zero-order valence-corrected chi connectivity index (χ0v) is 27.8. The van der Waals surface area contributed by atoms with E-state index in [1.807, 2.05) is 24.3 Å². The first-order valence-corrected chi connectivity index (χ1v) is 15.3. The van der Waals surface area contributed by atoms with Crippen molar-refractivity contribution in [2.24, 2.45) is 0 Å². The van der Waals surface area contributed by atoms with Crippen LogP contribution in [0, 0.1) is 0 Å². The van der Waals surface area contributed by atoms with Gasteiger partial charge < -0.3 is 39.3 Å². The molecule has 264 valence electrons. The Balaban J connectivity index is 1.73. The summed E-state index contributed by atoms with van der Waals surface area (Å²) in [5.74, 6) is -3.15. The van der Waals surface area contributed by atoms with Crippen LogP contribution in [0.25, 0.3) is 10.9 Å². The van der Waals surface area contributed by atoms with Gasteiger partial charge in [-0.25, -0.2) is 9.59 Å². The van der Waals surface area contributed by atoms with Crippen molar-refractivity contribution in [2.75, 3.05) is 6.61 Å². The summed E-state index contributed by atoms with van der Waals surface area (Å²) in [7, 11) is 0. The molecule has 1 aliphatic rings. The molecule has 4 N–H and O–H groups in total. The molecule has 0 bridgehead atoms. The topological polar surface area (TPSA) is 226 Å². The molecule has 0 aliphatic carbocycles. The first-order chi connectivity index (χ1) is 23.0. The van der Waals surface area contributed by atoms with E-state index in [-0.39, 0.29) is 6.42 Å². The quantitative estimate of drug-likeness (QED) is 0.164. The molecule has 3 heterocycles. The number of para-hydroxylation sites is 1. The third-order valence-electron chi connectivity index (χ3n) is 7.25. The highest BCUT2D eigenvalue weighted by Crippen LogP contribution is 2.35. The zero-order valence-electron chi connectivity index (χ0n) is 27.8. The lowest BCUT2D eigenvalue weighted by Crippen LogP contribution is -2.57. The number of nitrogens with one attached hydrogen (secondary N) is 4. The number of nitrogens with zero attached hydrogens (tertiary/aromatic N) is 1. The lowest BCUT2D eigenvalue weighted by atomic mass is 10.0. The van der Waals surface area contributed by atoms with E-state index in [1.165, 1.54) is 0 Å². The summed E-state index contributed by atoms with van der Waals surface area (Å²) in [6, 6.07) is 5.81. The Hall–Kier alpha value is -5.45. The van der Waals surface area contributed by atoms with Crippen LogP contribution in [0.4, 0.5) is 4.79 Å². The van der Waals surface area contributed by atoms with E-state index in [4.69, 9.17) is 23.7 Å². The molecule has 1 aliphatic heterocycles. The fourth-order valence-corrected chi connectivity index (χ4v) is 5.37. The van der Waals surface area contributed by atoms with Crippen molar-refractivity contribution in [2.45, 2.75) is 90.2 Å². The molecule has 0 radical (unpaired) electrons. The van der Waals surface area contributed by atoms with E-state index in [9.17, 15) is 33.6 Å². The lowest BCUT2D eigenvalue weighted by molar-refractivity contribution is -0.166. The zero-order chi connectivity index (χ0) is 36.0. The Kier molecular flexibility index (Phi) is 11.3. The van der Waals surface area contributed by atoms with E-state index < -0.39 is 90.0 Å². The smallest absolute Gasteiger partial charge is 0.408 e. The first kappa shape index (κ1) is 36.4. The summed E-state index contributed by atoms with van der Waals surface area (Å²) in [5, 5.41) is 6.11. The standard InChI is InChI=1S/C32H39N5O12/c1-16(38)45-15-23(25-26(46-17(2)39)27(47-18(3)40)29(48-25)37-12-11-24(41)36-30(37)43)34-28(42)22(35-31(44)49-32(4,5)6)13-19-14-33-21-10-8-7-9-20(19)21/h7-12,14,22-23,25-27,29,33H,13,15H2,1-6H3,(H,34,42)(H,35,44)(H,36,41,43)/t22-,23-,25-,26-,27-,29-/m1/s1. The summed E-state index contributed by atoms with van der Waals surface area (Å²) in [6.45, 7) is 7.75. The number of ether oxygens (including phenoxy) is 5. The maximum atomic E-state index is 14.1. The predicted molar refractivity (Wildman–Crippen MR) is 170 cm³/mol. The maximum absolute atomic E-state index is 14.1. The fraction of sp³-hybridized carbons (Fsp3) is 0.469. The van der Waals surface area contributed by atoms with E-state index >= 15 is 0 Å². The van der Waals surface area contributed by atoms with Crippen molar-refractivity contribution >= 4 is 40.8 Å². The normalized spacial score (nSPS) is 20.1. The number of H-pyrrole nitrogens is 2. The average molecular weight is 686 g/mol. The van der Waals surface area contributed by atoms with Gasteiger partial charge in [0.05, 0.1) is 6.04 Å². The summed E-state index contributed by atoms with van der Waals surface area (Å²) < 4.78 is 28.7. The number of amides is 2. The van der Waals surface area contributed by atoms with Crippen LogP contribution in [0.3, 0.4) is 0 Å². The summed E-state index contributed by atoms with van der Waals surface area (Å²) in [5.41, 5.74) is -1.05. The van der Waals surface area contributed by atoms with E-state index in [2.05, 4.69) is 20.6 Å². The monoisotopic (exact) mass is 685 g/mol. The SMILES string of the molecule is CC(=O)OC[C@@H](NC(=O)[C@@H](Cc1c[nH]c2ccccc12)NC(=O)OC(C)(C)C)[C@H]1O[C@@H](n2ccc(=O)[nH]c2=O)[C@H](OC(C)=O)[C@@H]1OC(C)=O. The van der Waals surface area contributed by atoms with Gasteiger partial charge in [-0.05, 0) is 32.4 Å². The molecule has 0 saturated carbocycles. The van der Waals surface area contributed by atoms with Gasteiger partial charge in [0.2, 0.25) is 5.91 Å². The van der Waals surface area contributed by atoms with Crippen LogP contribution < -0.4 is 21.9 Å². The fourth-order valence-electron chi connectivity index (χ4n) is 5.37. The third-order valence-corrected chi connectivity index (χ3v) is 7.25. The van der Waals surface area contributed by atoms with Crippen LogP contribution in [-0.4, -0.2) is 87.0 Å². The number of hydrogen-bond acceptors (Lipinski definition) is 12. The summed E-state index contributed by atoms with van der Waals surface area (Å²) in [6.07, 6.45) is -3.91. The van der Waals surface area contributed by atoms with Crippen LogP contribution in [-0.2, 0) is 49.3 Å². The van der Waals surface area contributed by atoms with E-state index in [1.54, 1.807) is 27.0 Å². The largest absolute Gasteiger partial charge is 0.464 e. The van der Waals surface area contributed by atoms with Crippen molar-refractivity contribution < 1.29 is 47.7 Å². The van der Waals surface area contributed by atoms with Crippen LogP contribution in [0.15, 0.2) is 52.3 Å². The Morgan fingerprint density at radius 2 is 1.61 bits per heavy atom. The lowest BCUT2D eigenvalue weighted by Gasteiger charge is -2.30.